The summed E-state index contributed by atoms with van der Waals surface area (Å²) in [6, 6.07) is 0. The van der Waals surface area contributed by atoms with Crippen LogP contribution in [0.3, 0.4) is 0 Å². The van der Waals surface area contributed by atoms with Gasteiger partial charge in [-0.15, -0.1) is 0 Å². The van der Waals surface area contributed by atoms with Gasteiger partial charge >= 0.3 is 5.97 Å². The van der Waals surface area contributed by atoms with Crippen LogP contribution in [-0.4, -0.2) is 59.9 Å². The largest absolute Gasteiger partial charge is 0.480 e. The molecule has 3 unspecified atom stereocenters. The van der Waals surface area contributed by atoms with Crippen LogP contribution in [0.25, 0.3) is 0 Å². The second kappa shape index (κ2) is 7.56. The van der Waals surface area contributed by atoms with E-state index in [1.54, 1.807) is 6.92 Å². The molecular formula is C16H30N2O3. The molecule has 21 heavy (non-hydrogen) atoms. The molecule has 0 aromatic carbocycles. The number of morpholine rings is 1. The summed E-state index contributed by atoms with van der Waals surface area (Å²) in [5, 5.41) is 12.6. The number of hydrogen-bond donors (Lipinski definition) is 2. The lowest BCUT2D eigenvalue weighted by Gasteiger charge is -2.32. The van der Waals surface area contributed by atoms with Crippen molar-refractivity contribution in [1.82, 2.24) is 10.2 Å². The average Bonchev–Trinajstić information content (AvgIpc) is 2.80. The van der Waals surface area contributed by atoms with Gasteiger partial charge in [-0.3, -0.25) is 9.69 Å². The number of nitrogens with one attached hydrogen (secondary N) is 1. The Bertz CT molecular complexity index is 338. The fourth-order valence-corrected chi connectivity index (χ4v) is 3.37. The Morgan fingerprint density at radius 2 is 2.00 bits per heavy atom. The van der Waals surface area contributed by atoms with Gasteiger partial charge in [0.2, 0.25) is 0 Å². The van der Waals surface area contributed by atoms with Crippen molar-refractivity contribution in [1.29, 1.82) is 0 Å². The third-order valence-corrected chi connectivity index (χ3v) is 4.76. The fraction of sp³-hybridized carbons (Fsp3) is 0.938. The molecule has 122 valence electrons. The van der Waals surface area contributed by atoms with E-state index >= 15 is 0 Å². The van der Waals surface area contributed by atoms with E-state index in [1.807, 2.05) is 0 Å². The van der Waals surface area contributed by atoms with Gasteiger partial charge in [-0.25, -0.2) is 0 Å². The minimum absolute atomic E-state index is 0.444. The second-order valence-electron chi connectivity index (χ2n) is 6.74. The van der Waals surface area contributed by atoms with E-state index < -0.39 is 11.5 Å². The van der Waals surface area contributed by atoms with Gasteiger partial charge in [0.25, 0.3) is 0 Å². The molecule has 2 N–H and O–H groups in total. The number of rotatable bonds is 9. The summed E-state index contributed by atoms with van der Waals surface area (Å²) in [5.74, 6) is -0.736. The van der Waals surface area contributed by atoms with E-state index in [0.29, 0.717) is 18.6 Å². The van der Waals surface area contributed by atoms with Crippen molar-refractivity contribution in [2.45, 2.75) is 70.1 Å². The summed E-state index contributed by atoms with van der Waals surface area (Å²) in [4.78, 5) is 13.9. The van der Waals surface area contributed by atoms with Crippen molar-refractivity contribution in [3.8, 4) is 0 Å². The van der Waals surface area contributed by atoms with Gasteiger partial charge in [0.1, 0.15) is 5.54 Å². The monoisotopic (exact) mass is 298 g/mol. The first-order valence-corrected chi connectivity index (χ1v) is 8.40. The van der Waals surface area contributed by atoms with Crippen LogP contribution in [0, 0.1) is 0 Å². The van der Waals surface area contributed by atoms with Gasteiger partial charge < -0.3 is 15.2 Å². The van der Waals surface area contributed by atoms with Crippen LogP contribution in [-0.2, 0) is 9.53 Å². The Labute approximate surface area is 128 Å². The normalized spacial score (nSPS) is 28.5. The van der Waals surface area contributed by atoms with Crippen LogP contribution in [0.5, 0.6) is 0 Å². The summed E-state index contributed by atoms with van der Waals surface area (Å²) < 4.78 is 5.83. The van der Waals surface area contributed by atoms with Crippen molar-refractivity contribution >= 4 is 5.97 Å². The van der Waals surface area contributed by atoms with Crippen LogP contribution < -0.4 is 5.32 Å². The summed E-state index contributed by atoms with van der Waals surface area (Å²) in [6.45, 7) is 7.80. The van der Waals surface area contributed by atoms with E-state index in [0.717, 1.165) is 45.4 Å². The molecule has 0 aliphatic carbocycles. The van der Waals surface area contributed by atoms with Crippen LogP contribution in [0.4, 0.5) is 0 Å². The third kappa shape index (κ3) is 4.66. The third-order valence-electron chi connectivity index (χ3n) is 4.76. The minimum atomic E-state index is -0.778. The molecule has 0 aromatic heterocycles. The molecule has 0 radical (unpaired) electrons. The Morgan fingerprint density at radius 1 is 1.33 bits per heavy atom. The predicted octanol–water partition coefficient (Wildman–Crippen LogP) is 1.86. The zero-order valence-electron chi connectivity index (χ0n) is 13.4. The molecule has 0 aromatic rings. The highest BCUT2D eigenvalue weighted by molar-refractivity contribution is 5.78. The molecule has 0 spiro atoms. The number of unbranched alkanes of at least 4 members (excludes halogenated alkanes) is 1. The lowest BCUT2D eigenvalue weighted by Crippen LogP contribution is -2.49. The van der Waals surface area contributed by atoms with Gasteiger partial charge in [0.15, 0.2) is 0 Å². The average molecular weight is 298 g/mol. The van der Waals surface area contributed by atoms with E-state index in [1.165, 1.54) is 12.8 Å². The van der Waals surface area contributed by atoms with Crippen LogP contribution in [0.1, 0.15) is 52.4 Å². The van der Waals surface area contributed by atoms with Crippen LogP contribution in [0.2, 0.25) is 0 Å². The van der Waals surface area contributed by atoms with E-state index in [-0.39, 0.29) is 0 Å². The SMILES string of the molecule is CCCNC(C)(CCCCN1CC2CCC(C1)O2)C(=O)O. The van der Waals surface area contributed by atoms with Gasteiger partial charge in [0.05, 0.1) is 12.2 Å². The van der Waals surface area contributed by atoms with Gasteiger partial charge in [-0.05, 0) is 58.5 Å². The molecule has 0 amide bonds. The number of carboxylic acids is 1. The standard InChI is InChI=1S/C16H30N2O3/c1-3-9-17-16(2,15(19)20)8-4-5-10-18-11-13-6-7-14(12-18)21-13/h13-14,17H,3-12H2,1-2H3,(H,19,20). The van der Waals surface area contributed by atoms with Crippen molar-refractivity contribution in [2.75, 3.05) is 26.2 Å². The van der Waals surface area contributed by atoms with E-state index in [4.69, 9.17) is 4.74 Å². The number of carbonyl (C=O) groups is 1. The number of likely N-dealkylation sites (tertiary alicyclic amines) is 1. The molecule has 5 nitrogen and oxygen atoms in total. The number of fused-ring (bicyclic) bond motifs is 2. The van der Waals surface area contributed by atoms with Gasteiger partial charge in [0, 0.05) is 13.1 Å². The Morgan fingerprint density at radius 3 is 2.57 bits per heavy atom. The maximum absolute atomic E-state index is 11.4. The maximum atomic E-state index is 11.4. The first kappa shape index (κ1) is 16.7. The van der Waals surface area contributed by atoms with E-state index in [9.17, 15) is 9.90 Å². The molecular weight excluding hydrogens is 268 g/mol. The second-order valence-corrected chi connectivity index (χ2v) is 6.74. The zero-order valence-corrected chi connectivity index (χ0v) is 13.4. The highest BCUT2D eigenvalue weighted by atomic mass is 16.5. The predicted molar refractivity (Wildman–Crippen MR) is 82.5 cm³/mol. The molecule has 3 atom stereocenters. The topological polar surface area (TPSA) is 61.8 Å². The number of carboxylic acid groups (broad SMARTS) is 1. The van der Waals surface area contributed by atoms with Crippen molar-refractivity contribution < 1.29 is 14.6 Å². The number of ether oxygens (including phenoxy) is 1. The quantitative estimate of drug-likeness (QED) is 0.636. The molecule has 2 bridgehead atoms. The number of hydrogen-bond acceptors (Lipinski definition) is 4. The lowest BCUT2D eigenvalue weighted by molar-refractivity contribution is -0.144. The van der Waals surface area contributed by atoms with Crippen molar-refractivity contribution in [3.63, 3.8) is 0 Å². The molecule has 2 heterocycles. The molecule has 2 aliphatic heterocycles. The summed E-state index contributed by atoms with van der Waals surface area (Å²) in [7, 11) is 0. The number of aliphatic carboxylic acids is 1. The van der Waals surface area contributed by atoms with Crippen molar-refractivity contribution in [2.24, 2.45) is 0 Å². The highest BCUT2D eigenvalue weighted by Gasteiger charge is 2.34. The van der Waals surface area contributed by atoms with Crippen LogP contribution >= 0.6 is 0 Å². The highest BCUT2D eigenvalue weighted by Crippen LogP contribution is 2.26. The fourth-order valence-electron chi connectivity index (χ4n) is 3.37. The smallest absolute Gasteiger partial charge is 0.323 e. The molecule has 2 aliphatic rings. The summed E-state index contributed by atoms with van der Waals surface area (Å²) >= 11 is 0. The lowest BCUT2D eigenvalue weighted by atomic mass is 9.94. The minimum Gasteiger partial charge on any atom is -0.480 e. The summed E-state index contributed by atoms with van der Waals surface area (Å²) in [5.41, 5.74) is -0.778. The molecule has 2 fully saturated rings. The van der Waals surface area contributed by atoms with Gasteiger partial charge in [-0.2, -0.15) is 0 Å². The van der Waals surface area contributed by atoms with Gasteiger partial charge in [-0.1, -0.05) is 6.92 Å². The Kier molecular flexibility index (Phi) is 6.02. The zero-order chi connectivity index (χ0) is 15.3. The maximum Gasteiger partial charge on any atom is 0.323 e. The molecule has 5 heteroatoms. The molecule has 0 saturated carbocycles. The summed E-state index contributed by atoms with van der Waals surface area (Å²) in [6.07, 6.45) is 6.97. The molecule has 2 rings (SSSR count). The van der Waals surface area contributed by atoms with E-state index in [2.05, 4.69) is 17.1 Å². The molecule has 2 saturated heterocycles. The Hall–Kier alpha value is -0.650. The first-order chi connectivity index (χ1) is 10.0. The Balaban J connectivity index is 1.66. The van der Waals surface area contributed by atoms with Crippen LogP contribution in [0.15, 0.2) is 0 Å². The first-order valence-electron chi connectivity index (χ1n) is 8.40. The number of nitrogens with zero attached hydrogens (tertiary/aromatic N) is 1. The van der Waals surface area contributed by atoms with Crippen molar-refractivity contribution in [3.05, 3.63) is 0 Å².